The Morgan fingerprint density at radius 1 is 0.875 bits per heavy atom. The SMILES string of the molecule is O=C(NC(=O)c1ccc(C(F)(F)F)cc1)c1ccc([N+](=O)[O-])cc1. The molecule has 9 heteroatoms. The lowest BCUT2D eigenvalue weighted by Crippen LogP contribution is -2.30. The van der Waals surface area contributed by atoms with E-state index in [4.69, 9.17) is 0 Å². The summed E-state index contributed by atoms with van der Waals surface area (Å²) in [6.07, 6.45) is -4.52. The molecule has 0 aliphatic heterocycles. The van der Waals surface area contributed by atoms with E-state index in [-0.39, 0.29) is 16.8 Å². The lowest BCUT2D eigenvalue weighted by molar-refractivity contribution is -0.384. The van der Waals surface area contributed by atoms with Gasteiger partial charge < -0.3 is 0 Å². The van der Waals surface area contributed by atoms with Crippen LogP contribution >= 0.6 is 0 Å². The number of nitrogens with one attached hydrogen (secondary N) is 1. The number of nitro benzene ring substituents is 1. The van der Waals surface area contributed by atoms with Crippen LogP contribution in [0.3, 0.4) is 0 Å². The second-order valence-corrected chi connectivity index (χ2v) is 4.66. The van der Waals surface area contributed by atoms with E-state index in [0.717, 1.165) is 48.5 Å². The Hall–Kier alpha value is -3.23. The molecule has 2 rings (SSSR count). The molecule has 0 aliphatic rings. The van der Waals surface area contributed by atoms with E-state index in [9.17, 15) is 32.9 Å². The quantitative estimate of drug-likeness (QED) is 0.529. The minimum atomic E-state index is -4.52. The van der Waals surface area contributed by atoms with E-state index >= 15 is 0 Å². The maximum absolute atomic E-state index is 12.4. The molecule has 0 aliphatic carbocycles. The van der Waals surface area contributed by atoms with Crippen molar-refractivity contribution in [2.75, 3.05) is 0 Å². The number of rotatable bonds is 3. The summed E-state index contributed by atoms with van der Waals surface area (Å²) >= 11 is 0. The molecule has 0 saturated carbocycles. The molecule has 1 N–H and O–H groups in total. The summed E-state index contributed by atoms with van der Waals surface area (Å²) in [4.78, 5) is 33.6. The highest BCUT2D eigenvalue weighted by atomic mass is 19.4. The lowest BCUT2D eigenvalue weighted by Gasteiger charge is -2.08. The van der Waals surface area contributed by atoms with Gasteiger partial charge in [0.2, 0.25) is 0 Å². The summed E-state index contributed by atoms with van der Waals surface area (Å²) in [6, 6.07) is 7.86. The second kappa shape index (κ2) is 6.49. The fourth-order valence-electron chi connectivity index (χ4n) is 1.79. The van der Waals surface area contributed by atoms with Crippen molar-refractivity contribution in [1.29, 1.82) is 0 Å². The molecular formula is C15H9F3N2O4. The molecule has 0 unspecified atom stereocenters. The maximum Gasteiger partial charge on any atom is 0.416 e. The zero-order valence-electron chi connectivity index (χ0n) is 11.8. The van der Waals surface area contributed by atoms with Gasteiger partial charge in [0.1, 0.15) is 0 Å². The molecule has 0 aromatic heterocycles. The first-order valence-corrected chi connectivity index (χ1v) is 6.46. The minimum absolute atomic E-state index is 0.000798. The number of benzene rings is 2. The highest BCUT2D eigenvalue weighted by Crippen LogP contribution is 2.29. The second-order valence-electron chi connectivity index (χ2n) is 4.66. The van der Waals surface area contributed by atoms with Crippen molar-refractivity contribution in [2.45, 2.75) is 6.18 Å². The van der Waals surface area contributed by atoms with Crippen LogP contribution in [0.4, 0.5) is 18.9 Å². The third-order valence-electron chi connectivity index (χ3n) is 3.04. The molecule has 2 amide bonds. The van der Waals surface area contributed by atoms with Gasteiger partial charge in [0, 0.05) is 23.3 Å². The molecule has 24 heavy (non-hydrogen) atoms. The third-order valence-corrected chi connectivity index (χ3v) is 3.04. The monoisotopic (exact) mass is 338 g/mol. The number of nitrogens with zero attached hydrogens (tertiary/aromatic N) is 1. The number of carbonyl (C=O) groups excluding carboxylic acids is 2. The summed E-state index contributed by atoms with van der Waals surface area (Å²) in [5.41, 5.74) is -1.26. The number of non-ortho nitro benzene ring substituents is 1. The van der Waals surface area contributed by atoms with Gasteiger partial charge in [0.15, 0.2) is 0 Å². The summed E-state index contributed by atoms with van der Waals surface area (Å²) in [5, 5.41) is 12.5. The molecule has 0 fully saturated rings. The van der Waals surface area contributed by atoms with Gasteiger partial charge >= 0.3 is 6.18 Å². The van der Waals surface area contributed by atoms with Gasteiger partial charge in [0.25, 0.3) is 17.5 Å². The van der Waals surface area contributed by atoms with Gasteiger partial charge in [-0.2, -0.15) is 13.2 Å². The summed E-state index contributed by atoms with van der Waals surface area (Å²) in [7, 11) is 0. The van der Waals surface area contributed by atoms with E-state index in [1.54, 1.807) is 0 Å². The van der Waals surface area contributed by atoms with Crippen molar-refractivity contribution < 1.29 is 27.7 Å². The van der Waals surface area contributed by atoms with Gasteiger partial charge in [-0.1, -0.05) is 0 Å². The van der Waals surface area contributed by atoms with Crippen LogP contribution in [0.25, 0.3) is 0 Å². The molecule has 124 valence electrons. The highest BCUT2D eigenvalue weighted by Gasteiger charge is 2.30. The van der Waals surface area contributed by atoms with Crippen LogP contribution < -0.4 is 5.32 Å². The number of hydrogen-bond acceptors (Lipinski definition) is 4. The standard InChI is InChI=1S/C15H9F3N2O4/c16-15(17,18)11-5-1-9(2-6-11)13(21)19-14(22)10-3-7-12(8-4-10)20(23)24/h1-8H,(H,19,21,22). The fraction of sp³-hybridized carbons (Fsp3) is 0.0667. The number of nitro groups is 1. The predicted molar refractivity (Wildman–Crippen MR) is 76.3 cm³/mol. The van der Waals surface area contributed by atoms with Crippen molar-refractivity contribution in [3.05, 3.63) is 75.3 Å². The first-order chi connectivity index (χ1) is 11.2. The first-order valence-electron chi connectivity index (χ1n) is 6.46. The van der Waals surface area contributed by atoms with Gasteiger partial charge in [0.05, 0.1) is 10.5 Å². The molecule has 2 aromatic carbocycles. The maximum atomic E-state index is 12.4. The number of amides is 2. The van der Waals surface area contributed by atoms with Gasteiger partial charge in [-0.05, 0) is 36.4 Å². The van der Waals surface area contributed by atoms with E-state index in [1.807, 2.05) is 5.32 Å². The predicted octanol–water partition coefficient (Wildman–Crippen LogP) is 3.18. The minimum Gasteiger partial charge on any atom is -0.288 e. The first kappa shape index (κ1) is 17.1. The topological polar surface area (TPSA) is 89.3 Å². The molecule has 0 saturated heterocycles. The smallest absolute Gasteiger partial charge is 0.288 e. The van der Waals surface area contributed by atoms with Gasteiger partial charge in [-0.15, -0.1) is 0 Å². The van der Waals surface area contributed by atoms with Crippen LogP contribution in [-0.2, 0) is 6.18 Å². The number of alkyl halides is 3. The molecule has 0 bridgehead atoms. The van der Waals surface area contributed by atoms with Crippen molar-refractivity contribution in [1.82, 2.24) is 5.32 Å². The average molecular weight is 338 g/mol. The number of hydrogen-bond donors (Lipinski definition) is 1. The Morgan fingerprint density at radius 2 is 1.29 bits per heavy atom. The third kappa shape index (κ3) is 3.94. The summed E-state index contributed by atoms with van der Waals surface area (Å²) in [5.74, 6) is -1.71. The molecule has 6 nitrogen and oxygen atoms in total. The zero-order valence-corrected chi connectivity index (χ0v) is 11.8. The van der Waals surface area contributed by atoms with Crippen molar-refractivity contribution in [3.8, 4) is 0 Å². The zero-order chi connectivity index (χ0) is 17.9. The van der Waals surface area contributed by atoms with Crippen molar-refractivity contribution >= 4 is 17.5 Å². The highest BCUT2D eigenvalue weighted by molar-refractivity contribution is 6.10. The van der Waals surface area contributed by atoms with E-state index in [2.05, 4.69) is 0 Å². The van der Waals surface area contributed by atoms with Crippen LogP contribution in [0.2, 0.25) is 0 Å². The van der Waals surface area contributed by atoms with E-state index in [0.29, 0.717) is 0 Å². The lowest BCUT2D eigenvalue weighted by atomic mass is 10.1. The van der Waals surface area contributed by atoms with Crippen LogP contribution in [0.15, 0.2) is 48.5 Å². The Labute approximate surface area is 133 Å². The number of imide groups is 1. The van der Waals surface area contributed by atoms with Crippen LogP contribution in [-0.4, -0.2) is 16.7 Å². The molecule has 0 atom stereocenters. The largest absolute Gasteiger partial charge is 0.416 e. The van der Waals surface area contributed by atoms with E-state index in [1.165, 1.54) is 0 Å². The van der Waals surface area contributed by atoms with Crippen LogP contribution in [0.5, 0.6) is 0 Å². The van der Waals surface area contributed by atoms with Gasteiger partial charge in [-0.25, -0.2) is 0 Å². The van der Waals surface area contributed by atoms with Gasteiger partial charge in [-0.3, -0.25) is 25.0 Å². The number of halogens is 3. The Morgan fingerprint density at radius 3 is 1.67 bits per heavy atom. The normalized spacial score (nSPS) is 11.0. The Balaban J connectivity index is 2.08. The molecule has 0 spiro atoms. The van der Waals surface area contributed by atoms with E-state index < -0.39 is 28.5 Å². The Bertz CT molecular complexity index is 784. The van der Waals surface area contributed by atoms with Crippen LogP contribution in [0.1, 0.15) is 26.3 Å². The average Bonchev–Trinajstić information content (AvgIpc) is 2.54. The number of carbonyl (C=O) groups is 2. The van der Waals surface area contributed by atoms with Crippen molar-refractivity contribution in [2.24, 2.45) is 0 Å². The summed E-state index contributed by atoms with van der Waals surface area (Å²) in [6.45, 7) is 0. The molecule has 0 radical (unpaired) electrons. The summed E-state index contributed by atoms with van der Waals surface area (Å²) < 4.78 is 37.3. The molecule has 2 aromatic rings. The van der Waals surface area contributed by atoms with Crippen LogP contribution in [0, 0.1) is 10.1 Å². The Kier molecular flexibility index (Phi) is 4.63. The molecular weight excluding hydrogens is 329 g/mol. The fourth-order valence-corrected chi connectivity index (χ4v) is 1.79. The van der Waals surface area contributed by atoms with Crippen molar-refractivity contribution in [3.63, 3.8) is 0 Å². The molecule has 0 heterocycles.